The quantitative estimate of drug-likeness (QED) is 0.612. The highest BCUT2D eigenvalue weighted by Gasteiger charge is 2.01. The standard InChI is InChI=1S/C10H17N/c1-8(2)7-11-9(3)5-6-10(11)4/h5-6,8H,7H2,1-4H3. The topological polar surface area (TPSA) is 4.93 Å². The maximum Gasteiger partial charge on any atom is 0.0247 e. The van der Waals surface area contributed by atoms with Gasteiger partial charge in [-0.1, -0.05) is 13.8 Å². The first-order valence-electron chi connectivity index (χ1n) is 4.24. The highest BCUT2D eigenvalue weighted by molar-refractivity contribution is 5.13. The van der Waals surface area contributed by atoms with E-state index in [1.165, 1.54) is 11.4 Å². The second-order valence-electron chi connectivity index (χ2n) is 3.62. The van der Waals surface area contributed by atoms with Crippen molar-refractivity contribution >= 4 is 0 Å². The molecule has 0 N–H and O–H groups in total. The van der Waals surface area contributed by atoms with E-state index in [0.717, 1.165) is 12.5 Å². The van der Waals surface area contributed by atoms with Gasteiger partial charge in [-0.05, 0) is 31.9 Å². The summed E-state index contributed by atoms with van der Waals surface area (Å²) in [4.78, 5) is 0. The van der Waals surface area contributed by atoms with Crippen LogP contribution < -0.4 is 0 Å². The van der Waals surface area contributed by atoms with Crippen LogP contribution >= 0.6 is 0 Å². The molecule has 0 radical (unpaired) electrons. The molecule has 1 rings (SSSR count). The van der Waals surface area contributed by atoms with Crippen LogP contribution in [-0.2, 0) is 6.54 Å². The molecular formula is C10H17N. The van der Waals surface area contributed by atoms with E-state index in [1.807, 2.05) is 0 Å². The Hall–Kier alpha value is -0.720. The molecule has 0 amide bonds. The maximum absolute atomic E-state index is 2.37. The Morgan fingerprint density at radius 2 is 1.64 bits per heavy atom. The van der Waals surface area contributed by atoms with Gasteiger partial charge in [0.25, 0.3) is 0 Å². The molecule has 1 heterocycles. The van der Waals surface area contributed by atoms with Crippen molar-refractivity contribution in [2.75, 3.05) is 0 Å². The van der Waals surface area contributed by atoms with Crippen LogP contribution in [-0.4, -0.2) is 4.57 Å². The van der Waals surface area contributed by atoms with E-state index in [4.69, 9.17) is 0 Å². The minimum Gasteiger partial charge on any atom is -0.349 e. The van der Waals surface area contributed by atoms with E-state index < -0.39 is 0 Å². The molecule has 1 aromatic rings. The zero-order valence-electron chi connectivity index (χ0n) is 7.89. The van der Waals surface area contributed by atoms with Crippen LogP contribution in [0.5, 0.6) is 0 Å². The van der Waals surface area contributed by atoms with Gasteiger partial charge in [-0.2, -0.15) is 0 Å². The third kappa shape index (κ3) is 1.86. The van der Waals surface area contributed by atoms with Crippen molar-refractivity contribution in [1.82, 2.24) is 4.57 Å². The number of rotatable bonds is 2. The normalized spacial score (nSPS) is 11.0. The molecule has 62 valence electrons. The van der Waals surface area contributed by atoms with Crippen LogP contribution in [0.4, 0.5) is 0 Å². The molecule has 0 saturated carbocycles. The molecule has 1 nitrogen and oxygen atoms in total. The Morgan fingerprint density at radius 1 is 1.18 bits per heavy atom. The Bertz CT molecular complexity index is 214. The van der Waals surface area contributed by atoms with Gasteiger partial charge in [-0.3, -0.25) is 0 Å². The fraction of sp³-hybridized carbons (Fsp3) is 0.600. The molecule has 0 spiro atoms. The maximum atomic E-state index is 2.37. The third-order valence-electron chi connectivity index (χ3n) is 1.96. The monoisotopic (exact) mass is 151 g/mol. The Kier molecular flexibility index (Phi) is 2.38. The van der Waals surface area contributed by atoms with Crippen LogP contribution in [0.2, 0.25) is 0 Å². The first-order valence-corrected chi connectivity index (χ1v) is 4.24. The van der Waals surface area contributed by atoms with Gasteiger partial charge in [0.05, 0.1) is 0 Å². The van der Waals surface area contributed by atoms with E-state index in [-0.39, 0.29) is 0 Å². The summed E-state index contributed by atoms with van der Waals surface area (Å²) >= 11 is 0. The number of aryl methyl sites for hydroxylation is 2. The lowest BCUT2D eigenvalue weighted by Crippen LogP contribution is -2.07. The molecule has 0 aromatic carbocycles. The van der Waals surface area contributed by atoms with Gasteiger partial charge in [-0.25, -0.2) is 0 Å². The zero-order chi connectivity index (χ0) is 8.43. The SMILES string of the molecule is Cc1ccc(C)n1CC(C)C. The van der Waals surface area contributed by atoms with Gasteiger partial charge in [-0.15, -0.1) is 0 Å². The molecule has 11 heavy (non-hydrogen) atoms. The van der Waals surface area contributed by atoms with E-state index in [2.05, 4.69) is 44.4 Å². The summed E-state index contributed by atoms with van der Waals surface area (Å²) in [7, 11) is 0. The van der Waals surface area contributed by atoms with E-state index in [1.54, 1.807) is 0 Å². The van der Waals surface area contributed by atoms with Crippen molar-refractivity contribution in [2.45, 2.75) is 34.2 Å². The van der Waals surface area contributed by atoms with Gasteiger partial charge < -0.3 is 4.57 Å². The lowest BCUT2D eigenvalue weighted by atomic mass is 10.2. The van der Waals surface area contributed by atoms with Crippen molar-refractivity contribution in [3.8, 4) is 0 Å². The molecule has 1 aromatic heterocycles. The molecule has 0 aliphatic heterocycles. The number of nitrogens with zero attached hydrogens (tertiary/aromatic N) is 1. The summed E-state index contributed by atoms with van der Waals surface area (Å²) in [6.07, 6.45) is 0. The third-order valence-corrected chi connectivity index (χ3v) is 1.96. The lowest BCUT2D eigenvalue weighted by molar-refractivity contribution is 0.509. The van der Waals surface area contributed by atoms with Crippen LogP contribution in [0.25, 0.3) is 0 Å². The average molecular weight is 151 g/mol. The summed E-state index contributed by atoms with van der Waals surface area (Å²) in [5, 5.41) is 0. The molecule has 0 saturated heterocycles. The van der Waals surface area contributed by atoms with E-state index in [0.29, 0.717) is 0 Å². The fourth-order valence-electron chi connectivity index (χ4n) is 1.35. The molecule has 0 fully saturated rings. The Balaban J connectivity index is 2.83. The van der Waals surface area contributed by atoms with Gasteiger partial charge in [0, 0.05) is 17.9 Å². The number of aromatic nitrogens is 1. The van der Waals surface area contributed by atoms with Crippen LogP contribution in [0.1, 0.15) is 25.2 Å². The van der Waals surface area contributed by atoms with Crippen molar-refractivity contribution in [2.24, 2.45) is 5.92 Å². The van der Waals surface area contributed by atoms with E-state index in [9.17, 15) is 0 Å². The van der Waals surface area contributed by atoms with Gasteiger partial charge in [0.15, 0.2) is 0 Å². The molecule has 0 unspecified atom stereocenters. The Labute approximate surface area is 69.0 Å². The molecule has 0 aliphatic carbocycles. The number of hydrogen-bond acceptors (Lipinski definition) is 0. The minimum atomic E-state index is 0.736. The van der Waals surface area contributed by atoms with Crippen LogP contribution in [0, 0.1) is 19.8 Å². The fourth-order valence-corrected chi connectivity index (χ4v) is 1.35. The van der Waals surface area contributed by atoms with Crippen molar-refractivity contribution < 1.29 is 0 Å². The average Bonchev–Trinajstić information content (AvgIpc) is 2.18. The second kappa shape index (κ2) is 3.12. The predicted octanol–water partition coefficient (Wildman–Crippen LogP) is 2.76. The highest BCUT2D eigenvalue weighted by Crippen LogP contribution is 2.09. The van der Waals surface area contributed by atoms with Gasteiger partial charge in [0.2, 0.25) is 0 Å². The number of hydrogen-bond donors (Lipinski definition) is 0. The summed E-state index contributed by atoms with van der Waals surface area (Å²) in [6, 6.07) is 4.36. The zero-order valence-corrected chi connectivity index (χ0v) is 7.89. The summed E-state index contributed by atoms with van der Waals surface area (Å²) in [5.41, 5.74) is 2.74. The van der Waals surface area contributed by atoms with Crippen molar-refractivity contribution in [1.29, 1.82) is 0 Å². The first kappa shape index (κ1) is 8.38. The molecule has 0 atom stereocenters. The molecule has 1 heteroatoms. The van der Waals surface area contributed by atoms with Gasteiger partial charge in [0.1, 0.15) is 0 Å². The largest absolute Gasteiger partial charge is 0.349 e. The summed E-state index contributed by atoms with van der Waals surface area (Å²) in [5.74, 6) is 0.736. The smallest absolute Gasteiger partial charge is 0.0247 e. The second-order valence-corrected chi connectivity index (χ2v) is 3.62. The summed E-state index contributed by atoms with van der Waals surface area (Å²) < 4.78 is 2.37. The van der Waals surface area contributed by atoms with Crippen molar-refractivity contribution in [3.63, 3.8) is 0 Å². The minimum absolute atomic E-state index is 0.736. The van der Waals surface area contributed by atoms with Crippen molar-refractivity contribution in [3.05, 3.63) is 23.5 Å². The van der Waals surface area contributed by atoms with E-state index >= 15 is 0 Å². The Morgan fingerprint density at radius 3 is 2.00 bits per heavy atom. The van der Waals surface area contributed by atoms with Crippen LogP contribution in [0.15, 0.2) is 12.1 Å². The first-order chi connectivity index (χ1) is 5.11. The molecule has 0 bridgehead atoms. The summed E-state index contributed by atoms with van der Waals surface area (Å²) in [6.45, 7) is 9.97. The molecule has 0 aliphatic rings. The lowest BCUT2D eigenvalue weighted by Gasteiger charge is -2.11. The highest BCUT2D eigenvalue weighted by atomic mass is 15.0. The van der Waals surface area contributed by atoms with Gasteiger partial charge >= 0.3 is 0 Å². The van der Waals surface area contributed by atoms with Crippen LogP contribution in [0.3, 0.4) is 0 Å². The molecular weight excluding hydrogens is 134 g/mol. The predicted molar refractivity (Wildman–Crippen MR) is 48.7 cm³/mol.